The van der Waals surface area contributed by atoms with Crippen LogP contribution in [0.1, 0.15) is 47.0 Å². The maximum absolute atomic E-state index is 14.2. The first kappa shape index (κ1) is 22.9. The lowest BCUT2D eigenvalue weighted by Crippen LogP contribution is -2.17. The number of rotatable bonds is 5. The summed E-state index contributed by atoms with van der Waals surface area (Å²) in [5.74, 6) is -2.03. The van der Waals surface area contributed by atoms with Crippen LogP contribution in [0, 0.1) is 11.3 Å². The van der Waals surface area contributed by atoms with Gasteiger partial charge in [-0.15, -0.1) is 10.2 Å². The zero-order chi connectivity index (χ0) is 23.9. The van der Waals surface area contributed by atoms with Crippen molar-refractivity contribution in [3.63, 3.8) is 0 Å². The summed E-state index contributed by atoms with van der Waals surface area (Å²) in [5.41, 5.74) is 0.994. The molecule has 0 radical (unpaired) electrons. The minimum atomic E-state index is -3.92. The molecule has 170 valence electrons. The first-order valence-corrected chi connectivity index (χ1v) is 10.2. The molecule has 1 N–H and O–H groups in total. The van der Waals surface area contributed by atoms with E-state index in [9.17, 15) is 23.9 Å². The van der Waals surface area contributed by atoms with E-state index in [1.807, 2.05) is 6.07 Å². The molecule has 3 aromatic rings. The van der Waals surface area contributed by atoms with Crippen molar-refractivity contribution in [3.8, 4) is 17.5 Å². The summed E-state index contributed by atoms with van der Waals surface area (Å²) in [4.78, 5) is 11.6. The SMILES string of the molecule is COc1cccc(C2OC(CC(=O)O)c3nnc(C(F)(F)Cl)n3-c3ccc(C#N)cc32)c1Cl. The number of nitriles is 1. The highest BCUT2D eigenvalue weighted by Gasteiger charge is 2.42. The predicted molar refractivity (Wildman–Crippen MR) is 112 cm³/mol. The highest BCUT2D eigenvalue weighted by molar-refractivity contribution is 6.33. The number of carbonyl (C=O) groups is 1. The predicted octanol–water partition coefficient (Wildman–Crippen LogP) is 4.72. The molecule has 0 saturated heterocycles. The lowest BCUT2D eigenvalue weighted by Gasteiger charge is -2.23. The van der Waals surface area contributed by atoms with Gasteiger partial charge in [0.05, 0.1) is 35.9 Å². The molecule has 0 amide bonds. The molecule has 4 rings (SSSR count). The van der Waals surface area contributed by atoms with Gasteiger partial charge in [0.1, 0.15) is 18.0 Å². The number of methoxy groups -OCH3 is 1. The van der Waals surface area contributed by atoms with Crippen molar-refractivity contribution in [2.45, 2.75) is 24.0 Å². The van der Waals surface area contributed by atoms with Gasteiger partial charge in [-0.3, -0.25) is 9.36 Å². The van der Waals surface area contributed by atoms with Crippen LogP contribution >= 0.6 is 23.2 Å². The summed E-state index contributed by atoms with van der Waals surface area (Å²) in [5, 5.41) is 22.4. The zero-order valence-corrected chi connectivity index (χ0v) is 18.3. The molecule has 2 unspecified atom stereocenters. The van der Waals surface area contributed by atoms with Crippen LogP contribution in [0.4, 0.5) is 8.78 Å². The molecule has 0 saturated carbocycles. The quantitative estimate of drug-likeness (QED) is 0.510. The monoisotopic (exact) mass is 494 g/mol. The lowest BCUT2D eigenvalue weighted by atomic mass is 9.97. The van der Waals surface area contributed by atoms with Gasteiger partial charge in [0.25, 0.3) is 0 Å². The van der Waals surface area contributed by atoms with Crippen molar-refractivity contribution in [3.05, 3.63) is 69.8 Å². The third-order valence-electron chi connectivity index (χ3n) is 5.07. The number of benzene rings is 2. The number of nitrogens with zero attached hydrogens (tertiary/aromatic N) is 4. The Labute approximate surface area is 195 Å². The van der Waals surface area contributed by atoms with Crippen LogP contribution in [0.15, 0.2) is 36.4 Å². The fourth-order valence-electron chi connectivity index (χ4n) is 3.69. The third-order valence-corrected chi connectivity index (χ3v) is 5.64. The van der Waals surface area contributed by atoms with Crippen LogP contribution in [-0.2, 0) is 14.9 Å². The van der Waals surface area contributed by atoms with E-state index < -0.39 is 35.8 Å². The summed E-state index contributed by atoms with van der Waals surface area (Å²) in [6, 6.07) is 11.2. The molecule has 1 aliphatic heterocycles. The first-order valence-electron chi connectivity index (χ1n) is 9.42. The van der Waals surface area contributed by atoms with Crippen molar-refractivity contribution in [1.29, 1.82) is 5.26 Å². The Kier molecular flexibility index (Phi) is 5.97. The molecule has 0 fully saturated rings. The first-order chi connectivity index (χ1) is 15.7. The number of aliphatic carboxylic acids is 1. The van der Waals surface area contributed by atoms with Crippen LogP contribution in [0.5, 0.6) is 5.75 Å². The number of carboxylic acid groups (broad SMARTS) is 1. The molecule has 2 heterocycles. The molecule has 1 aliphatic rings. The number of alkyl halides is 3. The largest absolute Gasteiger partial charge is 0.495 e. The Balaban J connectivity index is 2.05. The van der Waals surface area contributed by atoms with Gasteiger partial charge in [-0.05, 0) is 35.9 Å². The fourth-order valence-corrected chi connectivity index (χ4v) is 4.11. The van der Waals surface area contributed by atoms with Crippen molar-refractivity contribution in [2.24, 2.45) is 0 Å². The van der Waals surface area contributed by atoms with Crippen LogP contribution in [0.3, 0.4) is 0 Å². The molecule has 0 bridgehead atoms. The molecule has 8 nitrogen and oxygen atoms in total. The van der Waals surface area contributed by atoms with Gasteiger partial charge in [0, 0.05) is 11.1 Å². The number of hydrogen-bond acceptors (Lipinski definition) is 6. The molecule has 1 aromatic heterocycles. The van der Waals surface area contributed by atoms with E-state index in [0.29, 0.717) is 11.3 Å². The Morgan fingerprint density at radius 1 is 1.33 bits per heavy atom. The van der Waals surface area contributed by atoms with Gasteiger partial charge in [-0.25, -0.2) is 0 Å². The van der Waals surface area contributed by atoms with Crippen molar-refractivity contribution < 1.29 is 28.2 Å². The highest BCUT2D eigenvalue weighted by atomic mass is 35.5. The maximum Gasteiger partial charge on any atom is 0.382 e. The minimum Gasteiger partial charge on any atom is -0.495 e. The van der Waals surface area contributed by atoms with Crippen LogP contribution in [-0.4, -0.2) is 33.0 Å². The molecule has 2 aromatic carbocycles. The Morgan fingerprint density at radius 2 is 2.09 bits per heavy atom. The highest BCUT2D eigenvalue weighted by Crippen LogP contribution is 2.46. The second-order valence-electron chi connectivity index (χ2n) is 7.07. The zero-order valence-electron chi connectivity index (χ0n) is 16.8. The topological polar surface area (TPSA) is 110 Å². The lowest BCUT2D eigenvalue weighted by molar-refractivity contribution is -0.141. The normalized spacial score (nSPS) is 17.5. The average molecular weight is 495 g/mol. The van der Waals surface area contributed by atoms with Gasteiger partial charge in [0.15, 0.2) is 5.82 Å². The van der Waals surface area contributed by atoms with Crippen molar-refractivity contribution >= 4 is 29.2 Å². The summed E-state index contributed by atoms with van der Waals surface area (Å²) < 4.78 is 40.8. The maximum atomic E-state index is 14.2. The molecule has 0 spiro atoms. The molecule has 2 atom stereocenters. The van der Waals surface area contributed by atoms with Crippen LogP contribution in [0.25, 0.3) is 5.69 Å². The van der Waals surface area contributed by atoms with Crippen LogP contribution in [0.2, 0.25) is 5.02 Å². The molecular formula is C21H14Cl2F2N4O4. The van der Waals surface area contributed by atoms with Crippen molar-refractivity contribution in [1.82, 2.24) is 14.8 Å². The number of fused-ring (bicyclic) bond motifs is 3. The molecule has 0 aliphatic carbocycles. The summed E-state index contributed by atoms with van der Waals surface area (Å²) in [6.45, 7) is 0. The smallest absolute Gasteiger partial charge is 0.382 e. The number of ether oxygens (including phenoxy) is 2. The second kappa shape index (κ2) is 8.59. The number of carboxylic acids is 1. The Morgan fingerprint density at radius 3 is 2.73 bits per heavy atom. The van der Waals surface area contributed by atoms with E-state index in [0.717, 1.165) is 4.57 Å². The average Bonchev–Trinajstić information content (AvgIpc) is 3.17. The minimum absolute atomic E-state index is 0.140. The van der Waals surface area contributed by atoms with Gasteiger partial charge in [-0.1, -0.05) is 23.7 Å². The van der Waals surface area contributed by atoms with E-state index in [1.54, 1.807) is 18.2 Å². The number of halogens is 4. The Bertz CT molecular complexity index is 1290. The van der Waals surface area contributed by atoms with E-state index in [4.69, 9.17) is 32.7 Å². The summed E-state index contributed by atoms with van der Waals surface area (Å²) >= 11 is 11.8. The van der Waals surface area contributed by atoms with Gasteiger partial charge in [0.2, 0.25) is 5.82 Å². The van der Waals surface area contributed by atoms with Crippen molar-refractivity contribution in [2.75, 3.05) is 7.11 Å². The van der Waals surface area contributed by atoms with E-state index in [-0.39, 0.29) is 27.7 Å². The van der Waals surface area contributed by atoms with Gasteiger partial charge >= 0.3 is 11.4 Å². The molecule has 12 heteroatoms. The second-order valence-corrected chi connectivity index (χ2v) is 7.92. The van der Waals surface area contributed by atoms with Gasteiger partial charge < -0.3 is 14.6 Å². The van der Waals surface area contributed by atoms with E-state index in [2.05, 4.69) is 10.2 Å². The van der Waals surface area contributed by atoms with E-state index >= 15 is 0 Å². The molecule has 33 heavy (non-hydrogen) atoms. The third kappa shape index (κ3) is 4.11. The fraction of sp³-hybridized carbons (Fsp3) is 0.238. The standard InChI is InChI=1S/C21H14Cl2F2N4O4/c1-32-14-4-2-3-11(17(14)22)18-12-7-10(9-26)5-6-13(12)29-19(15(33-18)8-16(30)31)27-28-20(29)21(23,24)25/h2-7,15,18H,8H2,1H3,(H,30,31). The molecular weight excluding hydrogens is 481 g/mol. The number of aromatic nitrogens is 3. The number of hydrogen-bond donors (Lipinski definition) is 1. The van der Waals surface area contributed by atoms with E-state index in [1.165, 1.54) is 25.3 Å². The summed E-state index contributed by atoms with van der Waals surface area (Å²) in [6.07, 6.45) is -2.96. The Hall–Kier alpha value is -3.26. The van der Waals surface area contributed by atoms with Crippen LogP contribution < -0.4 is 4.74 Å². The van der Waals surface area contributed by atoms with Gasteiger partial charge in [-0.2, -0.15) is 14.0 Å². The summed E-state index contributed by atoms with van der Waals surface area (Å²) in [7, 11) is 1.42.